The van der Waals surface area contributed by atoms with Gasteiger partial charge in [-0.15, -0.1) is 0 Å². The number of nitrogens with zero attached hydrogens (tertiary/aromatic N) is 1. The average Bonchev–Trinajstić information content (AvgIpc) is 3.14. The summed E-state index contributed by atoms with van der Waals surface area (Å²) in [5.74, 6) is -0.176. The first-order valence-electron chi connectivity index (χ1n) is 9.07. The lowest BCUT2D eigenvalue weighted by molar-refractivity contribution is -0.130. The van der Waals surface area contributed by atoms with Gasteiger partial charge >= 0.3 is 0 Å². The van der Waals surface area contributed by atoms with Crippen LogP contribution in [0, 0.1) is 5.92 Å². The predicted octanol–water partition coefficient (Wildman–Crippen LogP) is 1.71. The van der Waals surface area contributed by atoms with E-state index in [0.29, 0.717) is 32.2 Å². The van der Waals surface area contributed by atoms with Gasteiger partial charge in [0.1, 0.15) is 0 Å². The summed E-state index contributed by atoms with van der Waals surface area (Å²) in [5, 5.41) is 5.69. The fourth-order valence-electron chi connectivity index (χ4n) is 3.47. The van der Waals surface area contributed by atoms with Gasteiger partial charge < -0.3 is 15.5 Å². The van der Waals surface area contributed by atoms with Crippen molar-refractivity contribution in [2.24, 2.45) is 5.92 Å². The molecule has 1 saturated heterocycles. The van der Waals surface area contributed by atoms with Crippen molar-refractivity contribution in [2.45, 2.75) is 38.5 Å². The standard InChI is InChI=1S/C19H25N3O3/c23-17(20-10-9-18(24)22-11-3-4-12-22)8-7-15-13-14-5-1-2-6-16(14)21-19(15)25/h1-2,5-6,15H,3-4,7-13H2,(H,20,23)(H,21,25)/t15-/m1/s1. The van der Waals surface area contributed by atoms with Crippen LogP contribution in [0.3, 0.4) is 0 Å². The van der Waals surface area contributed by atoms with E-state index in [4.69, 9.17) is 0 Å². The van der Waals surface area contributed by atoms with E-state index in [-0.39, 0.29) is 23.6 Å². The molecule has 1 fully saturated rings. The number of rotatable bonds is 6. The summed E-state index contributed by atoms with van der Waals surface area (Å²) in [6.07, 6.45) is 3.99. The average molecular weight is 343 g/mol. The maximum absolute atomic E-state index is 12.1. The molecule has 0 aromatic heterocycles. The van der Waals surface area contributed by atoms with Crippen molar-refractivity contribution >= 4 is 23.4 Å². The third kappa shape index (κ3) is 4.59. The van der Waals surface area contributed by atoms with Crippen LogP contribution >= 0.6 is 0 Å². The van der Waals surface area contributed by atoms with Crippen molar-refractivity contribution in [3.8, 4) is 0 Å². The van der Waals surface area contributed by atoms with E-state index >= 15 is 0 Å². The number of carbonyl (C=O) groups excluding carboxylic acids is 3. The van der Waals surface area contributed by atoms with Crippen LogP contribution in [0.5, 0.6) is 0 Å². The fraction of sp³-hybridized carbons (Fsp3) is 0.526. The molecule has 3 rings (SSSR count). The summed E-state index contributed by atoms with van der Waals surface area (Å²) >= 11 is 0. The molecule has 0 radical (unpaired) electrons. The second-order valence-electron chi connectivity index (χ2n) is 6.77. The number of amides is 3. The van der Waals surface area contributed by atoms with Crippen LogP contribution < -0.4 is 10.6 Å². The summed E-state index contributed by atoms with van der Waals surface area (Å²) in [6.45, 7) is 2.05. The molecule has 2 heterocycles. The van der Waals surface area contributed by atoms with Crippen molar-refractivity contribution in [2.75, 3.05) is 25.0 Å². The molecule has 2 N–H and O–H groups in total. The van der Waals surface area contributed by atoms with Crippen LogP contribution in [0.2, 0.25) is 0 Å². The van der Waals surface area contributed by atoms with Gasteiger partial charge in [0.15, 0.2) is 0 Å². The molecule has 6 nitrogen and oxygen atoms in total. The highest BCUT2D eigenvalue weighted by atomic mass is 16.2. The Morgan fingerprint density at radius 1 is 1.16 bits per heavy atom. The van der Waals surface area contributed by atoms with Crippen molar-refractivity contribution in [3.05, 3.63) is 29.8 Å². The Balaban J connectivity index is 1.37. The van der Waals surface area contributed by atoms with Gasteiger partial charge in [-0.2, -0.15) is 0 Å². The molecular weight excluding hydrogens is 318 g/mol. The van der Waals surface area contributed by atoms with E-state index in [0.717, 1.165) is 37.2 Å². The Labute approximate surface area is 148 Å². The van der Waals surface area contributed by atoms with Crippen LogP contribution in [-0.2, 0) is 20.8 Å². The molecule has 0 unspecified atom stereocenters. The Morgan fingerprint density at radius 3 is 2.72 bits per heavy atom. The molecule has 25 heavy (non-hydrogen) atoms. The number of benzene rings is 1. The summed E-state index contributed by atoms with van der Waals surface area (Å²) in [6, 6.07) is 7.76. The maximum atomic E-state index is 12.1. The second kappa shape index (κ2) is 8.14. The molecule has 134 valence electrons. The minimum atomic E-state index is -0.174. The van der Waals surface area contributed by atoms with E-state index < -0.39 is 0 Å². The fourth-order valence-corrected chi connectivity index (χ4v) is 3.47. The topological polar surface area (TPSA) is 78.5 Å². The molecular formula is C19H25N3O3. The first kappa shape index (κ1) is 17.5. The summed E-state index contributed by atoms with van der Waals surface area (Å²) < 4.78 is 0. The highest BCUT2D eigenvalue weighted by molar-refractivity contribution is 5.96. The van der Waals surface area contributed by atoms with E-state index in [2.05, 4.69) is 10.6 Å². The largest absolute Gasteiger partial charge is 0.356 e. The zero-order valence-electron chi connectivity index (χ0n) is 14.4. The van der Waals surface area contributed by atoms with Crippen molar-refractivity contribution in [1.82, 2.24) is 10.2 Å². The molecule has 2 aliphatic heterocycles. The summed E-state index contributed by atoms with van der Waals surface area (Å²) in [5.41, 5.74) is 1.98. The van der Waals surface area contributed by atoms with Gasteiger partial charge in [0.05, 0.1) is 0 Å². The lowest BCUT2D eigenvalue weighted by Crippen LogP contribution is -2.34. The lowest BCUT2D eigenvalue weighted by atomic mass is 9.89. The molecule has 1 aromatic rings. The zero-order chi connectivity index (χ0) is 17.6. The Bertz CT molecular complexity index is 653. The Kier molecular flexibility index (Phi) is 5.68. The smallest absolute Gasteiger partial charge is 0.227 e. The molecule has 6 heteroatoms. The quantitative estimate of drug-likeness (QED) is 0.825. The van der Waals surface area contributed by atoms with Gasteiger partial charge in [-0.25, -0.2) is 0 Å². The third-order valence-corrected chi connectivity index (χ3v) is 4.95. The van der Waals surface area contributed by atoms with Crippen LogP contribution in [0.15, 0.2) is 24.3 Å². The number of fused-ring (bicyclic) bond motifs is 1. The summed E-state index contributed by atoms with van der Waals surface area (Å²) in [4.78, 5) is 37.9. The van der Waals surface area contributed by atoms with Crippen LogP contribution in [0.1, 0.15) is 37.7 Å². The number of likely N-dealkylation sites (tertiary alicyclic amines) is 1. The molecule has 1 atom stereocenters. The van der Waals surface area contributed by atoms with E-state index in [1.54, 1.807) is 0 Å². The van der Waals surface area contributed by atoms with E-state index in [1.165, 1.54) is 0 Å². The van der Waals surface area contributed by atoms with Gasteiger partial charge in [0, 0.05) is 44.1 Å². The Hall–Kier alpha value is -2.37. The minimum Gasteiger partial charge on any atom is -0.356 e. The van der Waals surface area contributed by atoms with Crippen LogP contribution in [0.4, 0.5) is 5.69 Å². The molecule has 0 spiro atoms. The van der Waals surface area contributed by atoms with Gasteiger partial charge in [-0.05, 0) is 37.3 Å². The first-order chi connectivity index (χ1) is 12.1. The van der Waals surface area contributed by atoms with Gasteiger partial charge in [-0.1, -0.05) is 18.2 Å². The van der Waals surface area contributed by atoms with Gasteiger partial charge in [0.2, 0.25) is 17.7 Å². The first-order valence-corrected chi connectivity index (χ1v) is 9.07. The SMILES string of the molecule is O=C(CC[C@@H]1Cc2ccccc2NC1=O)NCCC(=O)N1CCCC1. The summed E-state index contributed by atoms with van der Waals surface area (Å²) in [7, 11) is 0. The minimum absolute atomic E-state index is 0.0179. The molecule has 1 aromatic carbocycles. The molecule has 0 aliphatic carbocycles. The molecule has 3 amide bonds. The number of para-hydroxylation sites is 1. The lowest BCUT2D eigenvalue weighted by Gasteiger charge is -2.24. The Morgan fingerprint density at radius 2 is 1.92 bits per heavy atom. The van der Waals surface area contributed by atoms with Crippen molar-refractivity contribution < 1.29 is 14.4 Å². The van der Waals surface area contributed by atoms with Crippen LogP contribution in [-0.4, -0.2) is 42.3 Å². The van der Waals surface area contributed by atoms with Crippen molar-refractivity contribution in [1.29, 1.82) is 0 Å². The number of carbonyl (C=O) groups is 3. The highest BCUT2D eigenvalue weighted by Crippen LogP contribution is 2.27. The third-order valence-electron chi connectivity index (χ3n) is 4.95. The van der Waals surface area contributed by atoms with Gasteiger partial charge in [0.25, 0.3) is 0 Å². The number of hydrogen-bond acceptors (Lipinski definition) is 3. The zero-order valence-corrected chi connectivity index (χ0v) is 14.4. The number of nitrogens with one attached hydrogen (secondary N) is 2. The maximum Gasteiger partial charge on any atom is 0.227 e. The van der Waals surface area contributed by atoms with E-state index in [1.807, 2.05) is 29.2 Å². The molecule has 0 saturated carbocycles. The molecule has 0 bridgehead atoms. The highest BCUT2D eigenvalue weighted by Gasteiger charge is 2.26. The normalized spacial score (nSPS) is 19.3. The van der Waals surface area contributed by atoms with E-state index in [9.17, 15) is 14.4 Å². The number of anilines is 1. The van der Waals surface area contributed by atoms with Crippen molar-refractivity contribution in [3.63, 3.8) is 0 Å². The van der Waals surface area contributed by atoms with Crippen LogP contribution in [0.25, 0.3) is 0 Å². The van der Waals surface area contributed by atoms with Gasteiger partial charge in [-0.3, -0.25) is 14.4 Å². The second-order valence-corrected chi connectivity index (χ2v) is 6.77. The number of hydrogen-bond donors (Lipinski definition) is 2. The molecule has 2 aliphatic rings. The monoisotopic (exact) mass is 343 g/mol. The predicted molar refractivity (Wildman–Crippen MR) is 94.9 cm³/mol.